The normalized spacial score (nSPS) is 10.8. The summed E-state index contributed by atoms with van der Waals surface area (Å²) in [7, 11) is 5.65. The molecule has 0 amide bonds. The Morgan fingerprint density at radius 3 is 2.30 bits per heavy atom. The van der Waals surface area contributed by atoms with Crippen molar-refractivity contribution in [3.05, 3.63) is 11.5 Å². The van der Waals surface area contributed by atoms with Gasteiger partial charge < -0.3 is 4.52 Å². The van der Waals surface area contributed by atoms with Crippen molar-refractivity contribution < 1.29 is 4.52 Å². The summed E-state index contributed by atoms with van der Waals surface area (Å²) in [6.45, 7) is 5.89. The molecule has 52 valence electrons. The first kappa shape index (κ1) is 7.38. The Bertz CT molecular complexity index is 230. The van der Waals surface area contributed by atoms with E-state index < -0.39 is 0 Å². The first-order valence-electron chi connectivity index (χ1n) is 3.34. The molecular formula is C7H10BNO. The van der Waals surface area contributed by atoms with Crippen LogP contribution >= 0.6 is 0 Å². The molecule has 2 radical (unpaired) electrons. The number of rotatable bonds is 1. The van der Waals surface area contributed by atoms with Crippen LogP contribution in [0.5, 0.6) is 0 Å². The molecule has 1 heterocycles. The van der Waals surface area contributed by atoms with E-state index in [1.54, 1.807) is 0 Å². The summed E-state index contributed by atoms with van der Waals surface area (Å²) in [5, 5.41) is 3.74. The Balaban J connectivity index is 3.05. The van der Waals surface area contributed by atoms with Gasteiger partial charge in [-0.15, -0.1) is 0 Å². The van der Waals surface area contributed by atoms with Crippen LogP contribution in [0.25, 0.3) is 0 Å². The van der Waals surface area contributed by atoms with E-state index in [1.165, 1.54) is 0 Å². The van der Waals surface area contributed by atoms with Gasteiger partial charge in [0.1, 0.15) is 13.6 Å². The van der Waals surface area contributed by atoms with Crippen molar-refractivity contribution in [3.63, 3.8) is 0 Å². The molecule has 3 heteroatoms. The maximum atomic E-state index is 5.65. The van der Waals surface area contributed by atoms with E-state index in [9.17, 15) is 0 Å². The first-order valence-corrected chi connectivity index (χ1v) is 3.34. The molecule has 0 aliphatic carbocycles. The van der Waals surface area contributed by atoms with Gasteiger partial charge in [-0.25, -0.2) is 0 Å². The Hall–Kier alpha value is -0.725. The molecule has 0 spiro atoms. The van der Waals surface area contributed by atoms with Gasteiger partial charge in [-0.3, -0.25) is 0 Å². The lowest BCUT2D eigenvalue weighted by Crippen LogP contribution is -2.10. The van der Waals surface area contributed by atoms with Gasteiger partial charge in [-0.05, 0) is 12.4 Å². The zero-order valence-corrected chi connectivity index (χ0v) is 6.51. The number of hydrogen-bond donors (Lipinski definition) is 0. The smallest absolute Gasteiger partial charge is 0.132 e. The van der Waals surface area contributed by atoms with Crippen molar-refractivity contribution in [2.45, 2.75) is 26.7 Å². The molecule has 0 N–H and O–H groups in total. The van der Waals surface area contributed by atoms with Crippen molar-refractivity contribution >= 4 is 13.3 Å². The highest BCUT2D eigenvalue weighted by Crippen LogP contribution is 2.10. The molecule has 10 heavy (non-hydrogen) atoms. The van der Waals surface area contributed by atoms with Crippen LogP contribution in [0.4, 0.5) is 0 Å². The molecule has 1 aromatic heterocycles. The van der Waals surface area contributed by atoms with E-state index in [0.29, 0.717) is 11.4 Å². The minimum absolute atomic E-state index is 0.321. The molecule has 0 atom stereocenters. The summed E-state index contributed by atoms with van der Waals surface area (Å²) >= 11 is 0. The quantitative estimate of drug-likeness (QED) is 0.534. The van der Waals surface area contributed by atoms with E-state index in [4.69, 9.17) is 12.4 Å². The molecule has 2 nitrogen and oxygen atoms in total. The maximum Gasteiger partial charge on any atom is 0.132 e. The van der Waals surface area contributed by atoms with Gasteiger partial charge in [-0.1, -0.05) is 19.0 Å². The van der Waals surface area contributed by atoms with Crippen LogP contribution in [0.15, 0.2) is 4.52 Å². The van der Waals surface area contributed by atoms with Crippen molar-refractivity contribution in [1.82, 2.24) is 5.16 Å². The van der Waals surface area contributed by atoms with Crippen LogP contribution in [0.3, 0.4) is 0 Å². The average Bonchev–Trinajstić information content (AvgIpc) is 2.14. The Morgan fingerprint density at radius 1 is 1.50 bits per heavy atom. The van der Waals surface area contributed by atoms with Crippen LogP contribution in [0.2, 0.25) is 0 Å². The number of nitrogens with zero attached hydrogens (tertiary/aromatic N) is 1. The number of hydrogen-bond acceptors (Lipinski definition) is 2. The predicted octanol–water partition coefficient (Wildman–Crippen LogP) is 0.900. The van der Waals surface area contributed by atoms with E-state index in [1.807, 2.05) is 20.8 Å². The zero-order chi connectivity index (χ0) is 7.72. The third-order valence-corrected chi connectivity index (χ3v) is 1.46. The maximum absolute atomic E-state index is 5.65. The summed E-state index contributed by atoms with van der Waals surface area (Å²) in [5.74, 6) is 1.11. The topological polar surface area (TPSA) is 26.0 Å². The molecule has 1 rings (SSSR count). The standard InChI is InChI=1S/C7H10BNO/c1-4(2)7-6(8)5(3)9-10-7/h4H,1-3H3. The lowest BCUT2D eigenvalue weighted by molar-refractivity contribution is 0.369. The SMILES string of the molecule is [B]c1c(C)noc1C(C)C. The van der Waals surface area contributed by atoms with Crippen LogP contribution in [0.1, 0.15) is 31.2 Å². The number of aryl methyl sites for hydroxylation is 1. The molecular weight excluding hydrogens is 125 g/mol. The molecule has 0 unspecified atom stereocenters. The van der Waals surface area contributed by atoms with Crippen LogP contribution in [0, 0.1) is 6.92 Å². The fourth-order valence-electron chi connectivity index (χ4n) is 0.811. The van der Waals surface area contributed by atoms with Crippen molar-refractivity contribution in [1.29, 1.82) is 0 Å². The third-order valence-electron chi connectivity index (χ3n) is 1.46. The van der Waals surface area contributed by atoms with E-state index >= 15 is 0 Å². The predicted molar refractivity (Wildman–Crippen MR) is 40.7 cm³/mol. The minimum Gasteiger partial charge on any atom is -0.362 e. The van der Waals surface area contributed by atoms with Gasteiger partial charge in [-0.2, -0.15) is 0 Å². The summed E-state index contributed by atoms with van der Waals surface area (Å²) in [4.78, 5) is 0. The summed E-state index contributed by atoms with van der Waals surface area (Å²) in [5.41, 5.74) is 1.47. The van der Waals surface area contributed by atoms with Crippen molar-refractivity contribution in [2.75, 3.05) is 0 Å². The van der Waals surface area contributed by atoms with E-state index in [0.717, 1.165) is 11.5 Å². The fourth-order valence-corrected chi connectivity index (χ4v) is 0.811. The second-order valence-electron chi connectivity index (χ2n) is 2.70. The van der Waals surface area contributed by atoms with Gasteiger partial charge in [0.25, 0.3) is 0 Å². The molecule has 0 aliphatic heterocycles. The molecule has 0 aliphatic rings. The Kier molecular flexibility index (Phi) is 1.83. The average molecular weight is 135 g/mol. The van der Waals surface area contributed by atoms with Gasteiger partial charge >= 0.3 is 0 Å². The molecule has 0 aromatic carbocycles. The molecule has 0 bridgehead atoms. The summed E-state index contributed by atoms with van der Waals surface area (Å²) in [6.07, 6.45) is 0. The Morgan fingerprint density at radius 2 is 2.10 bits per heavy atom. The Labute approximate surface area is 62.0 Å². The van der Waals surface area contributed by atoms with Crippen molar-refractivity contribution in [2.24, 2.45) is 0 Å². The minimum atomic E-state index is 0.321. The monoisotopic (exact) mass is 135 g/mol. The first-order chi connectivity index (χ1) is 4.63. The van der Waals surface area contributed by atoms with Gasteiger partial charge in [0.05, 0.1) is 5.69 Å². The van der Waals surface area contributed by atoms with Gasteiger partial charge in [0, 0.05) is 5.92 Å². The van der Waals surface area contributed by atoms with Crippen LogP contribution < -0.4 is 5.46 Å². The third kappa shape index (κ3) is 1.08. The molecule has 0 saturated heterocycles. The highest BCUT2D eigenvalue weighted by Gasteiger charge is 2.10. The van der Waals surface area contributed by atoms with E-state index in [2.05, 4.69) is 5.16 Å². The van der Waals surface area contributed by atoms with Crippen LogP contribution in [-0.4, -0.2) is 13.0 Å². The molecule has 1 aromatic rings. The lowest BCUT2D eigenvalue weighted by atomic mass is 9.90. The van der Waals surface area contributed by atoms with Crippen LogP contribution in [-0.2, 0) is 0 Å². The van der Waals surface area contributed by atoms with Gasteiger partial charge in [0.2, 0.25) is 0 Å². The second-order valence-corrected chi connectivity index (χ2v) is 2.70. The summed E-state index contributed by atoms with van der Waals surface area (Å²) < 4.78 is 4.98. The molecule has 0 fully saturated rings. The lowest BCUT2D eigenvalue weighted by Gasteiger charge is -1.98. The fraction of sp³-hybridized carbons (Fsp3) is 0.571. The van der Waals surface area contributed by atoms with Crippen molar-refractivity contribution in [3.8, 4) is 0 Å². The molecule has 0 saturated carbocycles. The van der Waals surface area contributed by atoms with Gasteiger partial charge in [0.15, 0.2) is 0 Å². The second kappa shape index (κ2) is 2.49. The number of aromatic nitrogens is 1. The highest BCUT2D eigenvalue weighted by atomic mass is 16.5. The zero-order valence-electron chi connectivity index (χ0n) is 6.51. The highest BCUT2D eigenvalue weighted by molar-refractivity contribution is 6.33. The largest absolute Gasteiger partial charge is 0.362 e. The summed E-state index contributed by atoms with van der Waals surface area (Å²) in [6, 6.07) is 0. The van der Waals surface area contributed by atoms with E-state index in [-0.39, 0.29) is 0 Å².